The molecule has 20 heavy (non-hydrogen) atoms. The Kier molecular flexibility index (Phi) is 5.06. The quantitative estimate of drug-likeness (QED) is 0.845. The van der Waals surface area contributed by atoms with E-state index in [0.717, 1.165) is 12.8 Å². The Morgan fingerprint density at radius 1 is 1.40 bits per heavy atom. The third kappa shape index (κ3) is 4.03. The third-order valence-electron chi connectivity index (χ3n) is 3.26. The highest BCUT2D eigenvalue weighted by Crippen LogP contribution is 2.15. The number of carboxylic acid groups (broad SMARTS) is 1. The smallest absolute Gasteiger partial charge is 0.305 e. The Labute approximate surface area is 117 Å². The van der Waals surface area contributed by atoms with E-state index >= 15 is 0 Å². The number of hydrogen-bond acceptors (Lipinski definition) is 4. The average molecular weight is 278 g/mol. The van der Waals surface area contributed by atoms with Crippen LogP contribution in [0.15, 0.2) is 24.5 Å². The van der Waals surface area contributed by atoms with Gasteiger partial charge in [-0.25, -0.2) is 0 Å². The van der Waals surface area contributed by atoms with Crippen molar-refractivity contribution in [1.29, 1.82) is 0 Å². The lowest BCUT2D eigenvalue weighted by Crippen LogP contribution is -2.38. The van der Waals surface area contributed by atoms with Gasteiger partial charge in [-0.2, -0.15) is 0 Å². The molecular weight excluding hydrogens is 260 g/mol. The summed E-state index contributed by atoms with van der Waals surface area (Å²) >= 11 is 0. The summed E-state index contributed by atoms with van der Waals surface area (Å²) in [6, 6.07) is 3.26. The Morgan fingerprint density at radius 3 is 2.75 bits per heavy atom. The van der Waals surface area contributed by atoms with Gasteiger partial charge in [-0.3, -0.25) is 14.6 Å². The molecule has 1 atom stereocenters. The fraction of sp³-hybridized carbons (Fsp3) is 0.500. The summed E-state index contributed by atoms with van der Waals surface area (Å²) in [7, 11) is 0. The Hall–Kier alpha value is -1.95. The second-order valence-corrected chi connectivity index (χ2v) is 4.77. The van der Waals surface area contributed by atoms with Crippen LogP contribution in [0.3, 0.4) is 0 Å². The minimum atomic E-state index is -0.912. The van der Waals surface area contributed by atoms with Crippen molar-refractivity contribution in [1.82, 2.24) is 9.88 Å². The summed E-state index contributed by atoms with van der Waals surface area (Å²) in [5, 5.41) is 8.80. The van der Waals surface area contributed by atoms with E-state index in [1.807, 2.05) is 0 Å². The normalized spacial score (nSPS) is 17.9. The zero-order valence-corrected chi connectivity index (χ0v) is 11.2. The molecule has 1 saturated heterocycles. The van der Waals surface area contributed by atoms with Crippen molar-refractivity contribution >= 4 is 11.9 Å². The fourth-order valence-electron chi connectivity index (χ4n) is 2.22. The van der Waals surface area contributed by atoms with Gasteiger partial charge < -0.3 is 14.7 Å². The highest BCUT2D eigenvalue weighted by molar-refractivity contribution is 5.94. The zero-order valence-electron chi connectivity index (χ0n) is 11.2. The molecule has 1 N–H and O–H groups in total. The number of carbonyl (C=O) groups excluding carboxylic acids is 1. The number of pyridine rings is 1. The van der Waals surface area contributed by atoms with E-state index in [4.69, 9.17) is 9.84 Å². The first-order chi connectivity index (χ1) is 9.66. The van der Waals surface area contributed by atoms with Crippen LogP contribution < -0.4 is 0 Å². The lowest BCUT2D eigenvalue weighted by atomic mass is 10.2. The predicted octanol–water partition coefficient (Wildman–Crippen LogP) is 1.18. The maximum Gasteiger partial charge on any atom is 0.305 e. The van der Waals surface area contributed by atoms with Gasteiger partial charge in [-0.1, -0.05) is 0 Å². The number of aromatic nitrogens is 1. The van der Waals surface area contributed by atoms with Crippen molar-refractivity contribution in [2.24, 2.45) is 0 Å². The van der Waals surface area contributed by atoms with Crippen molar-refractivity contribution in [3.05, 3.63) is 30.1 Å². The standard InChI is InChI=1S/C14H18N2O4/c17-13(18)5-8-16(10-12-2-1-9-20-12)14(19)11-3-6-15-7-4-11/h3-4,6-7,12H,1-2,5,8-10H2,(H,17,18)/t12-/m0/s1. The molecule has 6 heteroatoms. The van der Waals surface area contributed by atoms with Crippen molar-refractivity contribution < 1.29 is 19.4 Å². The first kappa shape index (κ1) is 14.5. The maximum atomic E-state index is 12.4. The second-order valence-electron chi connectivity index (χ2n) is 4.77. The number of carboxylic acids is 1. The lowest BCUT2D eigenvalue weighted by molar-refractivity contribution is -0.137. The van der Waals surface area contributed by atoms with Crippen LogP contribution in [0.4, 0.5) is 0 Å². The molecule has 0 spiro atoms. The molecule has 0 radical (unpaired) electrons. The summed E-state index contributed by atoms with van der Waals surface area (Å²) in [5.41, 5.74) is 0.517. The van der Waals surface area contributed by atoms with Gasteiger partial charge in [0.2, 0.25) is 0 Å². The number of ether oxygens (including phenoxy) is 1. The van der Waals surface area contributed by atoms with E-state index < -0.39 is 5.97 Å². The largest absolute Gasteiger partial charge is 0.481 e. The highest BCUT2D eigenvalue weighted by atomic mass is 16.5. The van der Waals surface area contributed by atoms with E-state index in [-0.39, 0.29) is 25.0 Å². The molecule has 1 aromatic rings. The highest BCUT2D eigenvalue weighted by Gasteiger charge is 2.23. The number of aliphatic carboxylic acids is 1. The topological polar surface area (TPSA) is 79.7 Å². The summed E-state index contributed by atoms with van der Waals surface area (Å²) in [6.07, 6.45) is 4.94. The van der Waals surface area contributed by atoms with Gasteiger partial charge in [0, 0.05) is 37.7 Å². The van der Waals surface area contributed by atoms with Crippen LogP contribution >= 0.6 is 0 Å². The minimum absolute atomic E-state index is 0.00887. The Bertz CT molecular complexity index is 458. The van der Waals surface area contributed by atoms with E-state index in [1.54, 1.807) is 29.4 Å². The lowest BCUT2D eigenvalue weighted by Gasteiger charge is -2.25. The van der Waals surface area contributed by atoms with Gasteiger partial charge in [-0.05, 0) is 25.0 Å². The number of hydrogen-bond donors (Lipinski definition) is 1. The van der Waals surface area contributed by atoms with Gasteiger partial charge in [0.1, 0.15) is 0 Å². The SMILES string of the molecule is O=C(O)CCN(C[C@@H]1CCCO1)C(=O)c1ccncc1. The van der Waals surface area contributed by atoms with Crippen LogP contribution in [0.5, 0.6) is 0 Å². The summed E-state index contributed by atoms with van der Waals surface area (Å²) in [5.74, 6) is -1.09. The molecule has 0 aromatic carbocycles. The van der Waals surface area contributed by atoms with Crippen LogP contribution in [0.2, 0.25) is 0 Å². The molecule has 0 bridgehead atoms. The molecule has 2 rings (SSSR count). The Balaban J connectivity index is 2.03. The first-order valence-corrected chi connectivity index (χ1v) is 6.69. The molecule has 6 nitrogen and oxygen atoms in total. The average Bonchev–Trinajstić information content (AvgIpc) is 2.96. The Morgan fingerprint density at radius 2 is 2.15 bits per heavy atom. The molecular formula is C14H18N2O4. The molecule has 108 valence electrons. The van der Waals surface area contributed by atoms with Gasteiger partial charge >= 0.3 is 5.97 Å². The van der Waals surface area contributed by atoms with E-state index in [1.165, 1.54) is 0 Å². The molecule has 2 heterocycles. The van der Waals surface area contributed by atoms with E-state index in [9.17, 15) is 9.59 Å². The van der Waals surface area contributed by atoms with Gasteiger partial charge in [0.25, 0.3) is 5.91 Å². The van der Waals surface area contributed by atoms with E-state index in [2.05, 4.69) is 4.98 Å². The fourth-order valence-corrected chi connectivity index (χ4v) is 2.22. The van der Waals surface area contributed by atoms with Crippen molar-refractivity contribution in [2.45, 2.75) is 25.4 Å². The molecule has 1 amide bonds. The molecule has 0 aliphatic carbocycles. The molecule has 1 fully saturated rings. The van der Waals surface area contributed by atoms with Crippen LogP contribution in [0.25, 0.3) is 0 Å². The summed E-state index contributed by atoms with van der Waals surface area (Å²) < 4.78 is 5.52. The van der Waals surface area contributed by atoms with Crippen LogP contribution in [0, 0.1) is 0 Å². The minimum Gasteiger partial charge on any atom is -0.481 e. The maximum absolute atomic E-state index is 12.4. The van der Waals surface area contributed by atoms with Crippen LogP contribution in [0.1, 0.15) is 29.6 Å². The summed E-state index contributed by atoms with van der Waals surface area (Å²) in [6.45, 7) is 1.34. The number of amides is 1. The second kappa shape index (κ2) is 7.00. The van der Waals surface area contributed by atoms with Crippen molar-refractivity contribution in [3.8, 4) is 0 Å². The number of nitrogens with zero attached hydrogens (tertiary/aromatic N) is 2. The summed E-state index contributed by atoms with van der Waals surface area (Å²) in [4.78, 5) is 28.5. The van der Waals surface area contributed by atoms with Gasteiger partial charge in [0.15, 0.2) is 0 Å². The van der Waals surface area contributed by atoms with Gasteiger partial charge in [0.05, 0.1) is 12.5 Å². The molecule has 1 aromatic heterocycles. The van der Waals surface area contributed by atoms with Crippen molar-refractivity contribution in [2.75, 3.05) is 19.7 Å². The van der Waals surface area contributed by atoms with Crippen LogP contribution in [-0.4, -0.2) is 52.7 Å². The molecule has 1 aliphatic rings. The van der Waals surface area contributed by atoms with Crippen molar-refractivity contribution in [3.63, 3.8) is 0 Å². The third-order valence-corrected chi connectivity index (χ3v) is 3.26. The number of rotatable bonds is 6. The molecule has 0 unspecified atom stereocenters. The zero-order chi connectivity index (χ0) is 14.4. The molecule has 0 saturated carbocycles. The van der Waals surface area contributed by atoms with Gasteiger partial charge in [-0.15, -0.1) is 0 Å². The van der Waals surface area contributed by atoms with Crippen LogP contribution in [-0.2, 0) is 9.53 Å². The first-order valence-electron chi connectivity index (χ1n) is 6.69. The molecule has 1 aliphatic heterocycles. The number of carbonyl (C=O) groups is 2. The van der Waals surface area contributed by atoms with E-state index in [0.29, 0.717) is 18.7 Å². The monoisotopic (exact) mass is 278 g/mol. The predicted molar refractivity (Wildman–Crippen MR) is 71.4 cm³/mol.